The first-order valence-electron chi connectivity index (χ1n) is 9.56. The summed E-state index contributed by atoms with van der Waals surface area (Å²) < 4.78 is 1.98. The number of aromatic nitrogens is 3. The molecule has 9 heteroatoms. The van der Waals surface area contributed by atoms with Crippen molar-refractivity contribution in [2.75, 3.05) is 32.7 Å². The zero-order valence-electron chi connectivity index (χ0n) is 15.6. The summed E-state index contributed by atoms with van der Waals surface area (Å²) in [6, 6.07) is 0.343. The van der Waals surface area contributed by atoms with Crippen molar-refractivity contribution in [2.45, 2.75) is 57.7 Å². The van der Waals surface area contributed by atoms with Crippen molar-refractivity contribution >= 4 is 29.9 Å². The molecule has 1 fully saturated rings. The first-order valence-corrected chi connectivity index (χ1v) is 9.56. The van der Waals surface area contributed by atoms with E-state index in [0.717, 1.165) is 83.2 Å². The standard InChI is InChI=1S/C17H31N7O.HI/c1-2-18-17(19-8-3-9-23-10-6-15(25)7-11-23)22-14-4-5-16-20-13-21-24(16)12-14;/h13-15,25H,2-12H2,1H3,(H2,18,19,22);1H. The van der Waals surface area contributed by atoms with Crippen LogP contribution in [0.25, 0.3) is 0 Å². The van der Waals surface area contributed by atoms with Gasteiger partial charge in [-0.2, -0.15) is 5.10 Å². The van der Waals surface area contributed by atoms with E-state index in [4.69, 9.17) is 4.99 Å². The molecule has 0 aromatic carbocycles. The molecule has 0 radical (unpaired) electrons. The van der Waals surface area contributed by atoms with E-state index < -0.39 is 0 Å². The maximum absolute atomic E-state index is 9.56. The number of nitrogens with one attached hydrogen (secondary N) is 2. The summed E-state index contributed by atoms with van der Waals surface area (Å²) in [5.41, 5.74) is 0. The van der Waals surface area contributed by atoms with Gasteiger partial charge >= 0.3 is 0 Å². The van der Waals surface area contributed by atoms with Crippen molar-refractivity contribution in [3.63, 3.8) is 0 Å². The molecule has 3 heterocycles. The number of aryl methyl sites for hydroxylation is 1. The molecule has 1 saturated heterocycles. The van der Waals surface area contributed by atoms with E-state index in [0.29, 0.717) is 6.04 Å². The lowest BCUT2D eigenvalue weighted by Crippen LogP contribution is -2.47. The van der Waals surface area contributed by atoms with Crippen molar-refractivity contribution < 1.29 is 5.11 Å². The van der Waals surface area contributed by atoms with Gasteiger partial charge in [-0.25, -0.2) is 9.67 Å². The van der Waals surface area contributed by atoms with Crippen molar-refractivity contribution in [1.82, 2.24) is 30.3 Å². The monoisotopic (exact) mass is 477 g/mol. The molecule has 2 aliphatic rings. The van der Waals surface area contributed by atoms with Gasteiger partial charge in [0.1, 0.15) is 12.2 Å². The van der Waals surface area contributed by atoms with E-state index in [9.17, 15) is 5.11 Å². The highest BCUT2D eigenvalue weighted by Crippen LogP contribution is 2.11. The number of aliphatic hydroxyl groups excluding tert-OH is 1. The van der Waals surface area contributed by atoms with Gasteiger partial charge < -0.3 is 20.6 Å². The SMILES string of the molecule is CCNC(=NCCCN1CCC(O)CC1)NC1CCc2ncnn2C1.I. The largest absolute Gasteiger partial charge is 0.393 e. The molecule has 26 heavy (non-hydrogen) atoms. The number of hydrogen-bond donors (Lipinski definition) is 3. The van der Waals surface area contributed by atoms with Crippen LogP contribution in [0.1, 0.15) is 38.4 Å². The molecular formula is C17H32IN7O. The molecule has 148 valence electrons. The lowest BCUT2D eigenvalue weighted by atomic mass is 10.1. The number of piperidine rings is 1. The molecule has 0 amide bonds. The number of hydrogen-bond acceptors (Lipinski definition) is 5. The fourth-order valence-corrected chi connectivity index (χ4v) is 3.50. The van der Waals surface area contributed by atoms with Crippen molar-refractivity contribution in [2.24, 2.45) is 4.99 Å². The molecule has 3 rings (SSSR count). The van der Waals surface area contributed by atoms with Crippen molar-refractivity contribution in [3.05, 3.63) is 12.2 Å². The van der Waals surface area contributed by atoms with Crippen LogP contribution in [0.4, 0.5) is 0 Å². The van der Waals surface area contributed by atoms with Crippen molar-refractivity contribution in [1.29, 1.82) is 0 Å². The summed E-state index contributed by atoms with van der Waals surface area (Å²) >= 11 is 0. The van der Waals surface area contributed by atoms with E-state index in [2.05, 4.69) is 32.5 Å². The Balaban J connectivity index is 0.00000243. The van der Waals surface area contributed by atoms with Crippen LogP contribution in [-0.4, -0.2) is 75.6 Å². The lowest BCUT2D eigenvalue weighted by Gasteiger charge is -2.29. The van der Waals surface area contributed by atoms with Gasteiger partial charge in [-0.15, -0.1) is 24.0 Å². The lowest BCUT2D eigenvalue weighted by molar-refractivity contribution is 0.0824. The maximum atomic E-state index is 9.56. The third-order valence-electron chi connectivity index (χ3n) is 4.95. The first kappa shape index (κ1) is 21.4. The summed E-state index contributed by atoms with van der Waals surface area (Å²) in [4.78, 5) is 11.4. The Morgan fingerprint density at radius 1 is 1.35 bits per heavy atom. The summed E-state index contributed by atoms with van der Waals surface area (Å²) in [6.07, 6.45) is 6.40. The number of likely N-dealkylation sites (tertiary alicyclic amines) is 1. The summed E-state index contributed by atoms with van der Waals surface area (Å²) in [5, 5.41) is 20.7. The molecule has 1 aromatic heterocycles. The van der Waals surface area contributed by atoms with Gasteiger partial charge in [0.2, 0.25) is 0 Å². The van der Waals surface area contributed by atoms with Crippen LogP contribution in [0.3, 0.4) is 0 Å². The van der Waals surface area contributed by atoms with Crippen molar-refractivity contribution in [3.8, 4) is 0 Å². The smallest absolute Gasteiger partial charge is 0.191 e. The average Bonchev–Trinajstić information content (AvgIpc) is 3.08. The normalized spacial score (nSPS) is 21.8. The van der Waals surface area contributed by atoms with Crippen LogP contribution in [-0.2, 0) is 13.0 Å². The number of aliphatic imine (C=N–C) groups is 1. The van der Waals surface area contributed by atoms with E-state index in [1.54, 1.807) is 6.33 Å². The predicted molar refractivity (Wildman–Crippen MR) is 113 cm³/mol. The molecule has 8 nitrogen and oxygen atoms in total. The van der Waals surface area contributed by atoms with Gasteiger partial charge in [-0.05, 0) is 39.2 Å². The highest BCUT2D eigenvalue weighted by atomic mass is 127. The minimum absolute atomic E-state index is 0. The number of halogens is 1. The predicted octanol–water partition coefficient (Wildman–Crippen LogP) is 0.613. The first-order chi connectivity index (χ1) is 12.2. The topological polar surface area (TPSA) is 90.6 Å². The zero-order valence-corrected chi connectivity index (χ0v) is 17.9. The van der Waals surface area contributed by atoms with Gasteiger partial charge in [0.15, 0.2) is 5.96 Å². The average molecular weight is 477 g/mol. The zero-order chi connectivity index (χ0) is 17.5. The van der Waals surface area contributed by atoms with Gasteiger partial charge in [-0.3, -0.25) is 4.99 Å². The van der Waals surface area contributed by atoms with E-state index in [1.165, 1.54) is 0 Å². The minimum atomic E-state index is -0.0974. The Bertz CT molecular complexity index is 557. The second kappa shape index (κ2) is 11.0. The number of rotatable bonds is 6. The van der Waals surface area contributed by atoms with Gasteiger partial charge in [0.05, 0.1) is 12.6 Å². The molecule has 0 spiro atoms. The summed E-state index contributed by atoms with van der Waals surface area (Å²) in [6.45, 7) is 7.67. The second-order valence-electron chi connectivity index (χ2n) is 6.93. The minimum Gasteiger partial charge on any atom is -0.393 e. The molecule has 0 aliphatic carbocycles. The third-order valence-corrected chi connectivity index (χ3v) is 4.95. The number of fused-ring (bicyclic) bond motifs is 1. The fraction of sp³-hybridized carbons (Fsp3) is 0.824. The van der Waals surface area contributed by atoms with E-state index in [1.807, 2.05) is 4.68 Å². The molecule has 2 aliphatic heterocycles. The Morgan fingerprint density at radius 3 is 2.92 bits per heavy atom. The second-order valence-corrected chi connectivity index (χ2v) is 6.93. The third kappa shape index (κ3) is 6.34. The molecule has 0 saturated carbocycles. The summed E-state index contributed by atoms with van der Waals surface area (Å²) in [5.74, 6) is 1.97. The van der Waals surface area contributed by atoms with E-state index >= 15 is 0 Å². The molecule has 1 unspecified atom stereocenters. The Hall–Kier alpha value is -0.940. The molecule has 1 aromatic rings. The summed E-state index contributed by atoms with van der Waals surface area (Å²) in [7, 11) is 0. The van der Waals surface area contributed by atoms with Crippen LogP contribution in [0.15, 0.2) is 11.3 Å². The van der Waals surface area contributed by atoms with E-state index in [-0.39, 0.29) is 30.1 Å². The van der Waals surface area contributed by atoms with Crippen LogP contribution in [0, 0.1) is 0 Å². The Labute approximate surface area is 172 Å². The number of guanidine groups is 1. The number of nitrogens with zero attached hydrogens (tertiary/aromatic N) is 5. The van der Waals surface area contributed by atoms with Crippen LogP contribution in [0.2, 0.25) is 0 Å². The quantitative estimate of drug-likeness (QED) is 0.241. The number of aliphatic hydroxyl groups is 1. The van der Waals surface area contributed by atoms with Crippen LogP contribution in [0.5, 0.6) is 0 Å². The van der Waals surface area contributed by atoms with Gasteiger partial charge in [0, 0.05) is 38.6 Å². The molecule has 0 bridgehead atoms. The van der Waals surface area contributed by atoms with Crippen LogP contribution >= 0.6 is 24.0 Å². The van der Waals surface area contributed by atoms with Gasteiger partial charge in [0.25, 0.3) is 0 Å². The highest BCUT2D eigenvalue weighted by Gasteiger charge is 2.20. The Kier molecular flexibility index (Phi) is 9.06. The van der Waals surface area contributed by atoms with Gasteiger partial charge in [-0.1, -0.05) is 0 Å². The fourth-order valence-electron chi connectivity index (χ4n) is 3.50. The molecule has 1 atom stereocenters. The Morgan fingerprint density at radius 2 is 2.15 bits per heavy atom. The molecular weight excluding hydrogens is 445 g/mol. The highest BCUT2D eigenvalue weighted by molar-refractivity contribution is 14.0. The maximum Gasteiger partial charge on any atom is 0.191 e. The molecule has 3 N–H and O–H groups in total. The van der Waals surface area contributed by atoms with Crippen LogP contribution < -0.4 is 10.6 Å².